The van der Waals surface area contributed by atoms with E-state index in [1.165, 1.54) is 18.4 Å². The van der Waals surface area contributed by atoms with Crippen LogP contribution in [0.15, 0.2) is 30.3 Å². The Balaban J connectivity index is 0.000000659. The second kappa shape index (κ2) is 9.33. The van der Waals surface area contributed by atoms with Gasteiger partial charge in [0.25, 0.3) is 6.47 Å². The average molecular weight is 374 g/mol. The molecule has 27 heavy (non-hydrogen) atoms. The van der Waals surface area contributed by atoms with Crippen LogP contribution in [0.2, 0.25) is 0 Å². The van der Waals surface area contributed by atoms with Crippen LogP contribution in [0.4, 0.5) is 0 Å². The summed E-state index contributed by atoms with van der Waals surface area (Å²) in [5.74, 6) is 0.414. The van der Waals surface area contributed by atoms with Gasteiger partial charge in [-0.2, -0.15) is 0 Å². The van der Waals surface area contributed by atoms with Crippen LogP contribution in [0, 0.1) is 0 Å². The highest BCUT2D eigenvalue weighted by Gasteiger charge is 2.52. The van der Waals surface area contributed by atoms with Gasteiger partial charge < -0.3 is 14.7 Å². The molecular weight excluding hydrogens is 344 g/mol. The zero-order valence-electron chi connectivity index (χ0n) is 15.9. The van der Waals surface area contributed by atoms with E-state index in [4.69, 9.17) is 14.6 Å². The first-order chi connectivity index (χ1) is 13.2. The van der Waals surface area contributed by atoms with E-state index in [1.54, 1.807) is 0 Å². The zero-order valence-corrected chi connectivity index (χ0v) is 15.9. The summed E-state index contributed by atoms with van der Waals surface area (Å²) in [6.07, 6.45) is 6.79. The molecule has 0 aromatic heterocycles. The number of carbonyl (C=O) groups is 2. The fraction of sp³-hybridized carbons (Fsp3) is 0.619. The molecule has 6 nitrogen and oxygen atoms in total. The number of carbonyl (C=O) groups excluding carboxylic acids is 1. The second-order valence-corrected chi connectivity index (χ2v) is 7.60. The molecule has 2 aliphatic heterocycles. The Morgan fingerprint density at radius 2 is 1.81 bits per heavy atom. The molecule has 1 aromatic carbocycles. The number of ether oxygens (including phenoxy) is 1. The standard InChI is InChI=1S/C20H28N2O2.CH2O2/c23-19-20(11-5-13-22(19)18-8-9-18)10-4-12-21(20)14-15-24-16-17-6-2-1-3-7-17;2-1-3/h1-3,6-7,18H,4-5,8-16H2;1H,(H,2,3). The third kappa shape index (κ3) is 4.68. The number of rotatable bonds is 6. The maximum atomic E-state index is 13.1. The van der Waals surface area contributed by atoms with Gasteiger partial charge in [-0.05, 0) is 50.6 Å². The molecule has 2 saturated heterocycles. The summed E-state index contributed by atoms with van der Waals surface area (Å²) in [7, 11) is 0. The summed E-state index contributed by atoms with van der Waals surface area (Å²) in [6.45, 7) is 4.00. The first kappa shape index (κ1) is 19.8. The average Bonchev–Trinajstić information content (AvgIpc) is 3.45. The van der Waals surface area contributed by atoms with Crippen molar-refractivity contribution in [1.82, 2.24) is 9.80 Å². The van der Waals surface area contributed by atoms with E-state index in [0.717, 1.165) is 45.3 Å². The van der Waals surface area contributed by atoms with Crippen LogP contribution in [0.3, 0.4) is 0 Å². The largest absolute Gasteiger partial charge is 0.483 e. The van der Waals surface area contributed by atoms with Crippen molar-refractivity contribution in [1.29, 1.82) is 0 Å². The highest BCUT2D eigenvalue weighted by Crippen LogP contribution is 2.41. The van der Waals surface area contributed by atoms with Crippen LogP contribution in [0.1, 0.15) is 44.1 Å². The van der Waals surface area contributed by atoms with E-state index >= 15 is 0 Å². The van der Waals surface area contributed by atoms with Crippen molar-refractivity contribution in [3.63, 3.8) is 0 Å². The maximum Gasteiger partial charge on any atom is 0.290 e. The van der Waals surface area contributed by atoms with Crippen molar-refractivity contribution in [2.45, 2.75) is 56.7 Å². The summed E-state index contributed by atoms with van der Waals surface area (Å²) in [4.78, 5) is 26.1. The Hall–Kier alpha value is -1.92. The first-order valence-corrected chi connectivity index (χ1v) is 9.97. The number of amides is 1. The van der Waals surface area contributed by atoms with Crippen LogP contribution in [-0.4, -0.2) is 65.1 Å². The number of hydrogen-bond acceptors (Lipinski definition) is 4. The molecule has 1 spiro atoms. The first-order valence-electron chi connectivity index (χ1n) is 9.97. The van der Waals surface area contributed by atoms with Gasteiger partial charge in [-0.1, -0.05) is 30.3 Å². The Bertz CT molecular complexity index is 620. The fourth-order valence-corrected chi connectivity index (χ4v) is 4.48. The van der Waals surface area contributed by atoms with Crippen LogP contribution >= 0.6 is 0 Å². The molecule has 1 unspecified atom stereocenters. The van der Waals surface area contributed by atoms with Crippen molar-refractivity contribution < 1.29 is 19.4 Å². The van der Waals surface area contributed by atoms with Crippen molar-refractivity contribution in [3.05, 3.63) is 35.9 Å². The van der Waals surface area contributed by atoms with E-state index in [9.17, 15) is 4.79 Å². The van der Waals surface area contributed by atoms with E-state index in [1.807, 2.05) is 18.2 Å². The molecule has 3 aliphatic rings. The minimum absolute atomic E-state index is 0.211. The molecule has 1 atom stereocenters. The van der Waals surface area contributed by atoms with Gasteiger partial charge in [0, 0.05) is 19.1 Å². The predicted octanol–water partition coefficient (Wildman–Crippen LogP) is 2.52. The lowest BCUT2D eigenvalue weighted by Crippen LogP contribution is -2.60. The number of piperidine rings is 1. The van der Waals surface area contributed by atoms with E-state index < -0.39 is 0 Å². The molecule has 0 bridgehead atoms. The van der Waals surface area contributed by atoms with Gasteiger partial charge in [0.15, 0.2) is 0 Å². The molecule has 6 heteroatoms. The Morgan fingerprint density at radius 1 is 1.15 bits per heavy atom. The van der Waals surface area contributed by atoms with Crippen molar-refractivity contribution in [2.75, 3.05) is 26.2 Å². The van der Waals surface area contributed by atoms with Crippen LogP contribution < -0.4 is 0 Å². The number of likely N-dealkylation sites (tertiary alicyclic amines) is 2. The Labute approximate surface area is 161 Å². The molecule has 1 aromatic rings. The summed E-state index contributed by atoms with van der Waals surface area (Å²) < 4.78 is 5.87. The molecule has 0 radical (unpaired) electrons. The van der Waals surface area contributed by atoms with Gasteiger partial charge in [-0.3, -0.25) is 14.5 Å². The number of benzene rings is 1. The molecule has 4 rings (SSSR count). The fourth-order valence-electron chi connectivity index (χ4n) is 4.48. The minimum atomic E-state index is -0.250. The molecule has 3 fully saturated rings. The van der Waals surface area contributed by atoms with Crippen molar-refractivity contribution in [2.24, 2.45) is 0 Å². The third-order valence-corrected chi connectivity index (χ3v) is 5.88. The molecule has 2 heterocycles. The molecular formula is C21H30N2O4. The highest BCUT2D eigenvalue weighted by molar-refractivity contribution is 5.88. The highest BCUT2D eigenvalue weighted by atomic mass is 16.5. The topological polar surface area (TPSA) is 70.1 Å². The Kier molecular flexibility index (Phi) is 6.85. The normalized spacial score (nSPS) is 25.3. The summed E-state index contributed by atoms with van der Waals surface area (Å²) >= 11 is 0. The van der Waals surface area contributed by atoms with Gasteiger partial charge >= 0.3 is 0 Å². The molecule has 1 aliphatic carbocycles. The lowest BCUT2D eigenvalue weighted by molar-refractivity contribution is -0.148. The van der Waals surface area contributed by atoms with Crippen LogP contribution in [0.25, 0.3) is 0 Å². The van der Waals surface area contributed by atoms with Crippen molar-refractivity contribution >= 4 is 12.4 Å². The van der Waals surface area contributed by atoms with E-state index in [2.05, 4.69) is 21.9 Å². The van der Waals surface area contributed by atoms with Gasteiger partial charge in [-0.15, -0.1) is 0 Å². The maximum absolute atomic E-state index is 13.1. The number of hydrogen-bond donors (Lipinski definition) is 1. The van der Waals surface area contributed by atoms with Crippen LogP contribution in [-0.2, 0) is 20.9 Å². The van der Waals surface area contributed by atoms with Crippen molar-refractivity contribution in [3.8, 4) is 0 Å². The minimum Gasteiger partial charge on any atom is -0.483 e. The van der Waals surface area contributed by atoms with E-state index in [-0.39, 0.29) is 12.0 Å². The lowest BCUT2D eigenvalue weighted by Gasteiger charge is -2.45. The summed E-state index contributed by atoms with van der Waals surface area (Å²) in [5.41, 5.74) is 0.999. The monoisotopic (exact) mass is 374 g/mol. The quantitative estimate of drug-likeness (QED) is 0.612. The van der Waals surface area contributed by atoms with Gasteiger partial charge in [0.1, 0.15) is 5.54 Å². The van der Waals surface area contributed by atoms with Gasteiger partial charge in [0.2, 0.25) is 5.91 Å². The Morgan fingerprint density at radius 3 is 2.48 bits per heavy atom. The summed E-state index contributed by atoms with van der Waals surface area (Å²) in [5, 5.41) is 6.89. The van der Waals surface area contributed by atoms with Gasteiger partial charge in [-0.25, -0.2) is 0 Å². The van der Waals surface area contributed by atoms with Crippen LogP contribution in [0.5, 0.6) is 0 Å². The lowest BCUT2D eigenvalue weighted by atomic mass is 9.85. The molecule has 1 N–H and O–H groups in total. The number of nitrogens with zero attached hydrogens (tertiary/aromatic N) is 2. The number of carboxylic acid groups (broad SMARTS) is 1. The SMILES string of the molecule is O=C1N(C2CC2)CCCC12CCCN2CCOCc1ccccc1.O=CO. The third-order valence-electron chi connectivity index (χ3n) is 5.88. The van der Waals surface area contributed by atoms with Gasteiger partial charge in [0.05, 0.1) is 13.2 Å². The van der Waals surface area contributed by atoms with E-state index in [0.29, 0.717) is 25.2 Å². The summed E-state index contributed by atoms with van der Waals surface area (Å²) in [6, 6.07) is 10.8. The molecule has 1 amide bonds. The smallest absolute Gasteiger partial charge is 0.290 e. The zero-order chi connectivity index (χ0) is 19.1. The molecule has 148 valence electrons. The second-order valence-electron chi connectivity index (χ2n) is 7.60. The predicted molar refractivity (Wildman–Crippen MR) is 102 cm³/mol. The molecule has 1 saturated carbocycles.